The molecule has 48 heavy (non-hydrogen) atoms. The number of halogens is 2. The Labute approximate surface area is 300 Å². The van der Waals surface area contributed by atoms with Crippen LogP contribution >= 0.6 is 53.4 Å². The van der Waals surface area contributed by atoms with E-state index in [4.69, 9.17) is 9.47 Å². The van der Waals surface area contributed by atoms with Crippen molar-refractivity contribution < 1.29 is 28.7 Å². The minimum atomic E-state index is -0.372. The largest absolute Gasteiger partial charge is 0.470 e. The van der Waals surface area contributed by atoms with Crippen molar-refractivity contribution in [1.82, 2.24) is 9.80 Å². The zero-order valence-corrected chi connectivity index (χ0v) is 29.7. The molecular weight excluding hydrogens is 784 g/mol. The molecule has 0 N–H and O–H groups in total. The molecule has 0 bridgehead atoms. The highest BCUT2D eigenvalue weighted by Crippen LogP contribution is 2.31. The third-order valence-corrected chi connectivity index (χ3v) is 10.1. The number of fused-ring (bicyclic) bond motifs is 2. The van der Waals surface area contributed by atoms with E-state index in [0.717, 1.165) is 40.3 Å². The molecule has 2 aliphatic rings. The zero-order chi connectivity index (χ0) is 33.6. The van der Waals surface area contributed by atoms with Crippen molar-refractivity contribution in [2.45, 2.75) is 0 Å². The fourth-order valence-electron chi connectivity index (χ4n) is 4.80. The highest BCUT2D eigenvalue weighted by molar-refractivity contribution is 9.10. The standard InChI is InChI=1S/C34H24Br2N4O6S2/c35-21-9-13-23(14-10-21)37-33(45-19-17-39-29(41)25-5-1-2-6-26(25)30(39)42)47-48-34(38-24-15-11-22(36)12-16-24)46-20-18-40-31(43)27-7-3-4-8-28(27)32(40)44/h1-16H,17-20H2. The first-order valence-electron chi connectivity index (χ1n) is 14.5. The van der Waals surface area contributed by atoms with E-state index in [1.165, 1.54) is 0 Å². The van der Waals surface area contributed by atoms with Crippen molar-refractivity contribution in [3.63, 3.8) is 0 Å². The van der Waals surface area contributed by atoms with E-state index in [1.807, 2.05) is 24.3 Å². The molecule has 0 unspecified atom stereocenters. The SMILES string of the molecule is O=C1c2ccccc2C(=O)N1CCOC(=Nc1ccc(Br)cc1)SSC(=Nc1ccc(Br)cc1)OCCN1C(=O)c2ccccc2C1=O. The lowest BCUT2D eigenvalue weighted by Crippen LogP contribution is -2.33. The summed E-state index contributed by atoms with van der Waals surface area (Å²) in [5.41, 5.74) is 2.68. The normalized spacial score (nSPS) is 14.5. The molecule has 4 aromatic carbocycles. The molecule has 4 aromatic rings. The molecule has 2 aliphatic heterocycles. The van der Waals surface area contributed by atoms with Crippen LogP contribution in [0.3, 0.4) is 0 Å². The molecule has 14 heteroatoms. The monoisotopic (exact) mass is 806 g/mol. The predicted octanol–water partition coefficient (Wildman–Crippen LogP) is 7.89. The van der Waals surface area contributed by atoms with Gasteiger partial charge in [0.1, 0.15) is 13.2 Å². The Bertz CT molecular complexity index is 1740. The Hall–Kier alpha value is -4.24. The number of amides is 4. The Morgan fingerprint density at radius 2 is 0.833 bits per heavy atom. The van der Waals surface area contributed by atoms with Gasteiger partial charge in [-0.1, -0.05) is 56.1 Å². The molecule has 0 radical (unpaired) electrons. The van der Waals surface area contributed by atoms with Crippen LogP contribution in [0.5, 0.6) is 0 Å². The summed E-state index contributed by atoms with van der Waals surface area (Å²) in [6, 6.07) is 28.0. The van der Waals surface area contributed by atoms with Crippen LogP contribution in [0.2, 0.25) is 0 Å². The van der Waals surface area contributed by atoms with Crippen LogP contribution in [0.25, 0.3) is 0 Å². The molecule has 0 fully saturated rings. The van der Waals surface area contributed by atoms with E-state index in [1.54, 1.807) is 72.8 Å². The highest BCUT2D eigenvalue weighted by Gasteiger charge is 2.36. The van der Waals surface area contributed by atoms with Crippen LogP contribution < -0.4 is 0 Å². The molecular formula is C34H24Br2N4O6S2. The number of rotatable bonds is 8. The molecule has 0 spiro atoms. The van der Waals surface area contributed by atoms with Crippen LogP contribution in [0.1, 0.15) is 41.4 Å². The maximum atomic E-state index is 12.8. The lowest BCUT2D eigenvalue weighted by molar-refractivity contribution is 0.0615. The first-order valence-corrected chi connectivity index (χ1v) is 18.2. The fourth-order valence-corrected chi connectivity index (χ4v) is 6.96. The summed E-state index contributed by atoms with van der Waals surface area (Å²) in [5.74, 6) is -1.49. The summed E-state index contributed by atoms with van der Waals surface area (Å²) in [6.45, 7) is 0.0312. The van der Waals surface area contributed by atoms with Crippen LogP contribution in [0, 0.1) is 0 Å². The van der Waals surface area contributed by atoms with Gasteiger partial charge in [-0.15, -0.1) is 0 Å². The Balaban J connectivity index is 1.15. The highest BCUT2D eigenvalue weighted by atomic mass is 79.9. The first kappa shape index (κ1) is 33.7. The zero-order valence-electron chi connectivity index (χ0n) is 24.9. The van der Waals surface area contributed by atoms with Gasteiger partial charge in [-0.25, -0.2) is 9.98 Å². The molecule has 4 amide bonds. The summed E-state index contributed by atoms with van der Waals surface area (Å²) < 4.78 is 13.8. The predicted molar refractivity (Wildman–Crippen MR) is 193 cm³/mol. The fraction of sp³-hybridized carbons (Fsp3) is 0.118. The van der Waals surface area contributed by atoms with Crippen molar-refractivity contribution in [2.24, 2.45) is 9.98 Å². The van der Waals surface area contributed by atoms with Gasteiger partial charge in [0.2, 0.25) is 0 Å². The van der Waals surface area contributed by atoms with E-state index in [2.05, 4.69) is 41.8 Å². The summed E-state index contributed by atoms with van der Waals surface area (Å²) >= 11 is 6.85. The second-order valence-corrected chi connectivity index (χ2v) is 14.1. The van der Waals surface area contributed by atoms with Gasteiger partial charge in [0.05, 0.1) is 46.7 Å². The number of carbonyl (C=O) groups is 4. The quantitative estimate of drug-likeness (QED) is 0.0764. The van der Waals surface area contributed by atoms with Gasteiger partial charge < -0.3 is 9.47 Å². The number of benzene rings is 4. The van der Waals surface area contributed by atoms with E-state index >= 15 is 0 Å². The molecule has 0 aromatic heterocycles. The van der Waals surface area contributed by atoms with Gasteiger partial charge in [0.25, 0.3) is 34.1 Å². The smallest absolute Gasteiger partial charge is 0.262 e. The lowest BCUT2D eigenvalue weighted by Gasteiger charge is -2.16. The number of aliphatic imine (C=N–C) groups is 2. The molecule has 0 aliphatic carbocycles. The molecule has 0 saturated heterocycles. The van der Waals surface area contributed by atoms with Gasteiger partial charge in [-0.05, 0) is 72.8 Å². The van der Waals surface area contributed by atoms with Gasteiger partial charge in [-0.2, -0.15) is 0 Å². The minimum Gasteiger partial charge on any atom is -0.470 e. The summed E-state index contributed by atoms with van der Waals surface area (Å²) in [4.78, 5) is 62.9. The first-order chi connectivity index (χ1) is 23.3. The van der Waals surface area contributed by atoms with E-state index in [-0.39, 0.29) is 60.4 Å². The van der Waals surface area contributed by atoms with Gasteiger partial charge in [0.15, 0.2) is 0 Å². The number of carbonyl (C=O) groups excluding carboxylic acids is 4. The summed E-state index contributed by atoms with van der Waals surface area (Å²) in [7, 11) is 2.26. The number of hydrogen-bond acceptors (Lipinski definition) is 10. The third kappa shape index (κ3) is 7.73. The Kier molecular flexibility index (Phi) is 10.7. The maximum Gasteiger partial charge on any atom is 0.262 e. The molecule has 10 nitrogen and oxygen atoms in total. The topological polar surface area (TPSA) is 118 Å². The van der Waals surface area contributed by atoms with E-state index < -0.39 is 0 Å². The third-order valence-electron chi connectivity index (χ3n) is 7.12. The average molecular weight is 809 g/mol. The van der Waals surface area contributed by atoms with E-state index in [9.17, 15) is 19.2 Å². The minimum absolute atomic E-state index is 0.00578. The van der Waals surface area contributed by atoms with Crippen molar-refractivity contribution >= 4 is 98.9 Å². The van der Waals surface area contributed by atoms with Crippen LogP contribution in [-0.2, 0) is 9.47 Å². The van der Waals surface area contributed by atoms with Crippen molar-refractivity contribution in [2.75, 3.05) is 26.3 Å². The number of imide groups is 2. The van der Waals surface area contributed by atoms with Crippen molar-refractivity contribution in [3.8, 4) is 0 Å². The number of nitrogens with zero attached hydrogens (tertiary/aromatic N) is 4. The van der Waals surface area contributed by atoms with Gasteiger partial charge >= 0.3 is 0 Å². The molecule has 2 heterocycles. The number of hydrogen-bond donors (Lipinski definition) is 0. The average Bonchev–Trinajstić information content (AvgIpc) is 3.49. The summed E-state index contributed by atoms with van der Waals surface area (Å²) in [5, 5.41) is 0.456. The molecule has 6 rings (SSSR count). The Morgan fingerprint density at radius 1 is 0.521 bits per heavy atom. The van der Waals surface area contributed by atoms with Gasteiger partial charge in [-0.3, -0.25) is 29.0 Å². The van der Waals surface area contributed by atoms with E-state index in [0.29, 0.717) is 33.6 Å². The lowest BCUT2D eigenvalue weighted by atomic mass is 10.1. The second kappa shape index (κ2) is 15.3. The molecule has 0 atom stereocenters. The Morgan fingerprint density at radius 3 is 1.15 bits per heavy atom. The van der Waals surface area contributed by atoms with Crippen LogP contribution in [-0.4, -0.2) is 70.2 Å². The van der Waals surface area contributed by atoms with Crippen molar-refractivity contribution in [1.29, 1.82) is 0 Å². The second-order valence-electron chi connectivity index (χ2n) is 10.2. The molecule has 0 saturated carbocycles. The number of ether oxygens (including phenoxy) is 2. The maximum absolute atomic E-state index is 12.8. The summed E-state index contributed by atoms with van der Waals surface area (Å²) in [6.07, 6.45) is 0. The van der Waals surface area contributed by atoms with Crippen LogP contribution in [0.15, 0.2) is 116 Å². The van der Waals surface area contributed by atoms with Gasteiger partial charge in [0, 0.05) is 30.5 Å². The van der Waals surface area contributed by atoms with Crippen LogP contribution in [0.4, 0.5) is 11.4 Å². The van der Waals surface area contributed by atoms with Crippen molar-refractivity contribution in [3.05, 3.63) is 128 Å². The molecule has 242 valence electrons.